The Balaban J connectivity index is 1.56. The number of fused-ring (bicyclic) bond motifs is 2. The summed E-state index contributed by atoms with van der Waals surface area (Å²) in [7, 11) is 0. The minimum absolute atomic E-state index is 0.0908. The van der Waals surface area contributed by atoms with Gasteiger partial charge in [-0.1, -0.05) is 36.7 Å². The number of anilines is 1. The number of nitrogens with zero attached hydrogens (tertiary/aromatic N) is 2. The lowest BCUT2D eigenvalue weighted by Gasteiger charge is -2.20. The second-order valence-corrected chi connectivity index (χ2v) is 9.61. The van der Waals surface area contributed by atoms with E-state index in [-0.39, 0.29) is 18.0 Å². The molecular formula is C27H24ClN3O3S. The van der Waals surface area contributed by atoms with E-state index in [1.54, 1.807) is 28.6 Å². The van der Waals surface area contributed by atoms with Crippen LogP contribution < -0.4 is 15.6 Å². The van der Waals surface area contributed by atoms with Crippen molar-refractivity contribution in [1.29, 1.82) is 0 Å². The van der Waals surface area contributed by atoms with E-state index in [1.165, 1.54) is 4.68 Å². The van der Waals surface area contributed by atoms with Gasteiger partial charge in [-0.15, -0.1) is 11.8 Å². The third kappa shape index (κ3) is 4.61. The quantitative estimate of drug-likeness (QED) is 0.291. The highest BCUT2D eigenvalue weighted by Crippen LogP contribution is 2.37. The van der Waals surface area contributed by atoms with Crippen LogP contribution in [-0.2, 0) is 24.2 Å². The van der Waals surface area contributed by atoms with Crippen molar-refractivity contribution in [3.8, 4) is 17.3 Å². The van der Waals surface area contributed by atoms with Crippen molar-refractivity contribution in [1.82, 2.24) is 9.36 Å². The van der Waals surface area contributed by atoms with E-state index in [0.29, 0.717) is 40.0 Å². The van der Waals surface area contributed by atoms with E-state index < -0.39 is 0 Å². The first-order chi connectivity index (χ1) is 17.0. The highest BCUT2D eigenvalue weighted by atomic mass is 35.5. The van der Waals surface area contributed by atoms with Gasteiger partial charge in [0.05, 0.1) is 11.3 Å². The molecule has 0 bridgehead atoms. The van der Waals surface area contributed by atoms with Gasteiger partial charge < -0.3 is 10.1 Å². The fraction of sp³-hybridized carbons (Fsp3) is 0.185. The van der Waals surface area contributed by atoms with Crippen molar-refractivity contribution < 1.29 is 9.53 Å². The molecule has 0 saturated carbocycles. The van der Waals surface area contributed by atoms with Gasteiger partial charge in [-0.3, -0.25) is 9.59 Å². The largest absolute Gasteiger partial charge is 0.439 e. The van der Waals surface area contributed by atoms with Crippen LogP contribution in [0.3, 0.4) is 0 Å². The fourth-order valence-corrected chi connectivity index (χ4v) is 4.88. The number of thioether (sulfide) groups is 1. The summed E-state index contributed by atoms with van der Waals surface area (Å²) in [6, 6.07) is 20.8. The van der Waals surface area contributed by atoms with Crippen LogP contribution in [0.15, 0.2) is 76.4 Å². The number of amides is 1. The zero-order valence-corrected chi connectivity index (χ0v) is 20.9. The van der Waals surface area contributed by atoms with Gasteiger partial charge in [-0.05, 0) is 66.8 Å². The molecule has 0 atom stereocenters. The number of benzene rings is 3. The number of ether oxygens (including phenoxy) is 1. The van der Waals surface area contributed by atoms with Crippen molar-refractivity contribution >= 4 is 35.0 Å². The molecule has 0 spiro atoms. The van der Waals surface area contributed by atoms with Gasteiger partial charge in [0, 0.05) is 27.6 Å². The van der Waals surface area contributed by atoms with Crippen LogP contribution in [0, 0.1) is 0 Å². The minimum Gasteiger partial charge on any atom is -0.439 e. The molecule has 178 valence electrons. The predicted molar refractivity (Wildman–Crippen MR) is 141 cm³/mol. The molecule has 1 N–H and O–H groups in total. The van der Waals surface area contributed by atoms with E-state index in [4.69, 9.17) is 16.3 Å². The Kier molecular flexibility index (Phi) is 6.45. The predicted octanol–water partition coefficient (Wildman–Crippen LogP) is 5.91. The normalized spacial score (nSPS) is 12.0. The van der Waals surface area contributed by atoms with Gasteiger partial charge in [-0.2, -0.15) is 0 Å². The van der Waals surface area contributed by atoms with E-state index in [0.717, 1.165) is 22.4 Å². The SMILES string of the molecule is CCc1ccc(-n2c(=O)c3c(n2CC(=O)Nc2cccc(SC)c2)Oc2ccc(Cl)cc2C3)cc1. The van der Waals surface area contributed by atoms with Gasteiger partial charge in [0.1, 0.15) is 12.3 Å². The molecule has 3 aromatic carbocycles. The molecule has 8 heteroatoms. The molecular weight excluding hydrogens is 482 g/mol. The Labute approximate surface area is 212 Å². The molecule has 4 aromatic rings. The average molecular weight is 506 g/mol. The highest BCUT2D eigenvalue weighted by molar-refractivity contribution is 7.98. The van der Waals surface area contributed by atoms with Crippen molar-refractivity contribution in [2.24, 2.45) is 0 Å². The first kappa shape index (κ1) is 23.3. The van der Waals surface area contributed by atoms with Crippen LogP contribution in [0.1, 0.15) is 23.6 Å². The summed E-state index contributed by atoms with van der Waals surface area (Å²) in [5.41, 5.74) is 3.65. The molecule has 1 aliphatic heterocycles. The van der Waals surface area contributed by atoms with Crippen LogP contribution in [0.4, 0.5) is 5.69 Å². The van der Waals surface area contributed by atoms with Crippen molar-refractivity contribution in [2.45, 2.75) is 31.2 Å². The molecule has 0 saturated heterocycles. The Morgan fingerprint density at radius 3 is 2.66 bits per heavy atom. The third-order valence-electron chi connectivity index (χ3n) is 6.02. The number of rotatable bonds is 6. The molecule has 0 radical (unpaired) electrons. The van der Waals surface area contributed by atoms with Crippen LogP contribution in [-0.4, -0.2) is 21.5 Å². The molecule has 0 fully saturated rings. The standard InChI is InChI=1S/C27H24ClN3O3S/c1-3-17-7-10-21(11-8-17)31-26(33)23-14-18-13-19(28)9-12-24(18)34-27(23)30(31)16-25(32)29-20-5-4-6-22(15-20)35-2/h4-13,15H,3,14,16H2,1-2H3,(H,29,32). The van der Waals surface area contributed by atoms with E-state index in [1.807, 2.05) is 60.9 Å². The lowest BCUT2D eigenvalue weighted by Crippen LogP contribution is -2.27. The summed E-state index contributed by atoms with van der Waals surface area (Å²) >= 11 is 7.78. The highest BCUT2D eigenvalue weighted by Gasteiger charge is 2.29. The van der Waals surface area contributed by atoms with Gasteiger partial charge in [0.2, 0.25) is 11.8 Å². The minimum atomic E-state index is -0.259. The van der Waals surface area contributed by atoms with Crippen LogP contribution in [0.25, 0.3) is 5.69 Å². The lowest BCUT2D eigenvalue weighted by atomic mass is 10.0. The topological polar surface area (TPSA) is 65.3 Å². The van der Waals surface area contributed by atoms with Crippen LogP contribution in [0.2, 0.25) is 5.02 Å². The second-order valence-electron chi connectivity index (χ2n) is 8.29. The summed E-state index contributed by atoms with van der Waals surface area (Å²) in [5, 5.41) is 3.52. The number of aromatic nitrogens is 2. The van der Waals surface area contributed by atoms with Gasteiger partial charge >= 0.3 is 0 Å². The van der Waals surface area contributed by atoms with E-state index in [2.05, 4.69) is 12.2 Å². The Hall–Kier alpha value is -3.42. The number of hydrogen-bond acceptors (Lipinski definition) is 4. The van der Waals surface area contributed by atoms with Crippen LogP contribution >= 0.6 is 23.4 Å². The van der Waals surface area contributed by atoms with E-state index in [9.17, 15) is 9.59 Å². The van der Waals surface area contributed by atoms with Gasteiger partial charge in [-0.25, -0.2) is 9.36 Å². The molecule has 0 aliphatic carbocycles. The van der Waals surface area contributed by atoms with Crippen LogP contribution in [0.5, 0.6) is 11.6 Å². The molecule has 1 aliphatic rings. The summed E-state index contributed by atoms with van der Waals surface area (Å²) in [5.74, 6) is 0.741. The first-order valence-electron chi connectivity index (χ1n) is 11.3. The zero-order valence-electron chi connectivity index (χ0n) is 19.4. The molecule has 6 nitrogen and oxygen atoms in total. The molecule has 2 heterocycles. The molecule has 0 unspecified atom stereocenters. The van der Waals surface area contributed by atoms with Gasteiger partial charge in [0.25, 0.3) is 5.56 Å². The lowest BCUT2D eigenvalue weighted by molar-refractivity contribution is -0.117. The second kappa shape index (κ2) is 9.68. The summed E-state index contributed by atoms with van der Waals surface area (Å²) in [4.78, 5) is 27.8. The number of carbonyl (C=O) groups is 1. The Morgan fingerprint density at radius 1 is 1.11 bits per heavy atom. The first-order valence-corrected chi connectivity index (χ1v) is 12.9. The van der Waals surface area contributed by atoms with Crippen molar-refractivity contribution in [3.63, 3.8) is 0 Å². The maximum absolute atomic E-state index is 13.6. The third-order valence-corrected chi connectivity index (χ3v) is 6.98. The average Bonchev–Trinajstić information content (AvgIpc) is 3.13. The molecule has 5 rings (SSSR count). The smallest absolute Gasteiger partial charge is 0.278 e. The monoisotopic (exact) mass is 505 g/mol. The Morgan fingerprint density at radius 2 is 1.91 bits per heavy atom. The summed E-state index contributed by atoms with van der Waals surface area (Å²) < 4.78 is 9.32. The number of halogens is 1. The summed E-state index contributed by atoms with van der Waals surface area (Å²) in [6.45, 7) is 1.99. The number of aryl methyl sites for hydroxylation is 1. The molecule has 35 heavy (non-hydrogen) atoms. The molecule has 1 amide bonds. The fourth-order valence-electron chi connectivity index (χ4n) is 4.23. The Bertz CT molecular complexity index is 1470. The summed E-state index contributed by atoms with van der Waals surface area (Å²) in [6.07, 6.45) is 3.25. The number of nitrogens with one attached hydrogen (secondary N) is 1. The maximum Gasteiger partial charge on any atom is 0.278 e. The van der Waals surface area contributed by atoms with Crippen molar-refractivity contribution in [3.05, 3.63) is 98.8 Å². The van der Waals surface area contributed by atoms with E-state index >= 15 is 0 Å². The maximum atomic E-state index is 13.6. The van der Waals surface area contributed by atoms with Gasteiger partial charge in [0.15, 0.2) is 0 Å². The number of hydrogen-bond donors (Lipinski definition) is 1. The zero-order chi connectivity index (χ0) is 24.5. The number of carbonyl (C=O) groups excluding carboxylic acids is 1. The molecule has 1 aromatic heterocycles. The van der Waals surface area contributed by atoms with Crippen molar-refractivity contribution in [2.75, 3.05) is 11.6 Å².